The lowest BCUT2D eigenvalue weighted by Gasteiger charge is -2.21. The predicted molar refractivity (Wildman–Crippen MR) is 155 cm³/mol. The first kappa shape index (κ1) is 29.2. The maximum Gasteiger partial charge on any atom is 0.453 e. The molecule has 216 valence electrons. The number of aryl methyl sites for hydroxylation is 2. The SMILES string of the molecule is Cc1cc(Oc2c(C(F)(F)F)oc3c(C[NH+](Cc4ccccc4)Cc4ccccc4)c(O)ccc3c2=O)cc(C)c1Cl. The summed E-state index contributed by atoms with van der Waals surface area (Å²) in [6.45, 7) is 4.48. The summed E-state index contributed by atoms with van der Waals surface area (Å²) in [6, 6.07) is 24.7. The van der Waals surface area contributed by atoms with Crippen LogP contribution in [0.15, 0.2) is 94.1 Å². The second kappa shape index (κ2) is 11.9. The smallest absolute Gasteiger partial charge is 0.453 e. The van der Waals surface area contributed by atoms with Crippen molar-refractivity contribution in [1.82, 2.24) is 0 Å². The molecule has 0 saturated heterocycles. The Labute approximate surface area is 245 Å². The Morgan fingerprint density at radius 2 is 1.40 bits per heavy atom. The van der Waals surface area contributed by atoms with Gasteiger partial charge in [-0.25, -0.2) is 0 Å². The summed E-state index contributed by atoms with van der Waals surface area (Å²) >= 11 is 6.20. The Bertz CT molecular complexity index is 1720. The largest absolute Gasteiger partial charge is 0.507 e. The number of halogens is 4. The van der Waals surface area contributed by atoms with Crippen molar-refractivity contribution in [3.05, 3.63) is 134 Å². The van der Waals surface area contributed by atoms with Gasteiger partial charge >= 0.3 is 6.18 Å². The van der Waals surface area contributed by atoms with Crippen LogP contribution >= 0.6 is 11.6 Å². The lowest BCUT2D eigenvalue weighted by molar-refractivity contribution is -0.941. The summed E-state index contributed by atoms with van der Waals surface area (Å²) in [5, 5.41) is 11.2. The van der Waals surface area contributed by atoms with Gasteiger partial charge in [0.2, 0.25) is 11.2 Å². The van der Waals surface area contributed by atoms with Gasteiger partial charge in [0.05, 0.1) is 10.9 Å². The Hall–Kier alpha value is -4.27. The zero-order valence-electron chi connectivity index (χ0n) is 22.9. The summed E-state index contributed by atoms with van der Waals surface area (Å²) in [4.78, 5) is 14.5. The fourth-order valence-electron chi connectivity index (χ4n) is 5.03. The van der Waals surface area contributed by atoms with Crippen LogP contribution in [0.4, 0.5) is 13.2 Å². The number of hydrogen-bond donors (Lipinski definition) is 2. The molecule has 42 heavy (non-hydrogen) atoms. The Morgan fingerprint density at radius 1 is 0.857 bits per heavy atom. The third kappa shape index (κ3) is 6.30. The van der Waals surface area contributed by atoms with Gasteiger partial charge in [-0.1, -0.05) is 72.3 Å². The van der Waals surface area contributed by atoms with E-state index >= 15 is 0 Å². The molecule has 1 aromatic heterocycles. The van der Waals surface area contributed by atoms with Crippen molar-refractivity contribution in [2.45, 2.75) is 39.7 Å². The summed E-state index contributed by atoms with van der Waals surface area (Å²) in [6.07, 6.45) is -5.05. The highest BCUT2D eigenvalue weighted by Crippen LogP contribution is 2.40. The van der Waals surface area contributed by atoms with E-state index in [0.29, 0.717) is 29.2 Å². The van der Waals surface area contributed by atoms with E-state index in [9.17, 15) is 23.1 Å². The Balaban J connectivity index is 1.62. The van der Waals surface area contributed by atoms with E-state index < -0.39 is 23.1 Å². The van der Waals surface area contributed by atoms with E-state index in [4.69, 9.17) is 20.8 Å². The minimum atomic E-state index is -5.05. The van der Waals surface area contributed by atoms with Crippen LogP contribution < -0.4 is 15.1 Å². The zero-order valence-corrected chi connectivity index (χ0v) is 23.6. The molecule has 0 fully saturated rings. The average Bonchev–Trinajstić information content (AvgIpc) is 2.95. The van der Waals surface area contributed by atoms with Crippen LogP contribution in [0.25, 0.3) is 11.0 Å². The van der Waals surface area contributed by atoms with Crippen molar-refractivity contribution >= 4 is 22.6 Å². The van der Waals surface area contributed by atoms with Crippen LogP contribution in [-0.2, 0) is 25.8 Å². The van der Waals surface area contributed by atoms with Gasteiger partial charge in [0.1, 0.15) is 31.1 Å². The minimum Gasteiger partial charge on any atom is -0.507 e. The molecule has 5 aromatic rings. The number of fused-ring (bicyclic) bond motifs is 1. The highest BCUT2D eigenvalue weighted by molar-refractivity contribution is 6.32. The molecule has 4 aromatic carbocycles. The second-order valence-corrected chi connectivity index (χ2v) is 10.6. The van der Waals surface area contributed by atoms with Gasteiger partial charge in [-0.3, -0.25) is 4.79 Å². The molecular formula is C33H28ClF3NO4+. The van der Waals surface area contributed by atoms with Crippen LogP contribution in [0.5, 0.6) is 17.2 Å². The van der Waals surface area contributed by atoms with Crippen LogP contribution in [0, 0.1) is 13.8 Å². The van der Waals surface area contributed by atoms with Crippen LogP contribution in [0.1, 0.15) is 33.6 Å². The topological polar surface area (TPSA) is 64.1 Å². The molecule has 0 aliphatic rings. The molecule has 0 spiro atoms. The molecule has 5 rings (SSSR count). The molecule has 0 aliphatic heterocycles. The standard InChI is InChI=1S/C33H27ClF3NO4/c1-20-15-24(16-21(2)28(20)34)41-31-29(40)25-13-14-27(39)26(30(25)42-32(31)33(35,36)37)19-38(17-22-9-5-3-6-10-22)18-23-11-7-4-8-12-23/h3-16,39H,17-19H2,1-2H3/p+1. The molecule has 0 aliphatic carbocycles. The molecule has 9 heteroatoms. The van der Waals surface area contributed by atoms with Crippen LogP contribution in [-0.4, -0.2) is 5.11 Å². The lowest BCUT2D eigenvalue weighted by Crippen LogP contribution is -3.08. The van der Waals surface area contributed by atoms with Gasteiger partial charge in [0.25, 0.3) is 5.76 Å². The third-order valence-corrected chi connectivity index (χ3v) is 7.60. The maximum absolute atomic E-state index is 14.4. The van der Waals surface area contributed by atoms with Crippen molar-refractivity contribution in [2.75, 3.05) is 0 Å². The molecular weight excluding hydrogens is 567 g/mol. The second-order valence-electron chi connectivity index (χ2n) is 10.3. The molecule has 1 heterocycles. The number of aromatic hydroxyl groups is 1. The fourth-order valence-corrected chi connectivity index (χ4v) is 5.14. The third-order valence-electron chi connectivity index (χ3n) is 7.00. The number of ether oxygens (including phenoxy) is 1. The first-order chi connectivity index (χ1) is 20.0. The van der Waals surface area contributed by atoms with E-state index in [1.54, 1.807) is 13.8 Å². The number of alkyl halides is 3. The predicted octanol–water partition coefficient (Wildman–Crippen LogP) is 7.37. The van der Waals surface area contributed by atoms with E-state index in [0.717, 1.165) is 16.0 Å². The number of nitrogens with one attached hydrogen (secondary N) is 1. The van der Waals surface area contributed by atoms with E-state index in [2.05, 4.69) is 0 Å². The molecule has 5 nitrogen and oxygen atoms in total. The molecule has 0 bridgehead atoms. The first-order valence-corrected chi connectivity index (χ1v) is 13.6. The first-order valence-electron chi connectivity index (χ1n) is 13.3. The van der Waals surface area contributed by atoms with E-state index in [1.807, 2.05) is 60.7 Å². The van der Waals surface area contributed by atoms with Gasteiger partial charge in [0.15, 0.2) is 5.58 Å². The van der Waals surface area contributed by atoms with Gasteiger partial charge in [-0.2, -0.15) is 13.2 Å². The molecule has 0 radical (unpaired) electrons. The van der Waals surface area contributed by atoms with Crippen LogP contribution in [0.3, 0.4) is 0 Å². The van der Waals surface area contributed by atoms with Crippen molar-refractivity contribution in [1.29, 1.82) is 0 Å². The number of phenolic OH excluding ortho intramolecular Hbond substituents is 1. The van der Waals surface area contributed by atoms with Gasteiger partial charge in [-0.15, -0.1) is 0 Å². The quantitative estimate of drug-likeness (QED) is 0.197. The summed E-state index contributed by atoms with van der Waals surface area (Å²) in [7, 11) is 0. The average molecular weight is 595 g/mol. The lowest BCUT2D eigenvalue weighted by atomic mass is 10.1. The molecule has 0 saturated carbocycles. The van der Waals surface area contributed by atoms with Crippen molar-refractivity contribution in [3.8, 4) is 17.2 Å². The van der Waals surface area contributed by atoms with Crippen molar-refractivity contribution < 1.29 is 32.3 Å². The maximum atomic E-state index is 14.4. The molecule has 2 N–H and O–H groups in total. The van der Waals surface area contributed by atoms with Gasteiger partial charge in [-0.05, 0) is 49.2 Å². The number of phenols is 1. The fraction of sp³-hybridized carbons (Fsp3) is 0.182. The number of hydrogen-bond acceptors (Lipinski definition) is 4. The van der Waals surface area contributed by atoms with E-state index in [1.165, 1.54) is 24.3 Å². The van der Waals surface area contributed by atoms with Crippen LogP contribution in [0.2, 0.25) is 5.02 Å². The summed E-state index contributed by atoms with van der Waals surface area (Å²) < 4.78 is 54.1. The molecule has 0 unspecified atom stereocenters. The zero-order chi connectivity index (χ0) is 30.0. The minimum absolute atomic E-state index is 0.0203. The molecule has 0 amide bonds. The summed E-state index contributed by atoms with van der Waals surface area (Å²) in [5.74, 6) is -2.81. The number of rotatable bonds is 8. The number of benzene rings is 4. The highest BCUT2D eigenvalue weighted by atomic mass is 35.5. The highest BCUT2D eigenvalue weighted by Gasteiger charge is 2.41. The van der Waals surface area contributed by atoms with Crippen molar-refractivity contribution in [3.63, 3.8) is 0 Å². The Kier molecular flexibility index (Phi) is 8.29. The monoisotopic (exact) mass is 594 g/mol. The number of quaternary nitrogens is 1. The van der Waals surface area contributed by atoms with E-state index in [-0.39, 0.29) is 34.6 Å². The van der Waals surface area contributed by atoms with Gasteiger partial charge in [0, 0.05) is 16.1 Å². The normalized spacial score (nSPS) is 11.8. The summed E-state index contributed by atoms with van der Waals surface area (Å²) in [5.41, 5.74) is 1.94. The Morgan fingerprint density at radius 3 is 1.93 bits per heavy atom. The van der Waals surface area contributed by atoms with Gasteiger partial charge < -0.3 is 19.2 Å². The molecule has 0 atom stereocenters. The van der Waals surface area contributed by atoms with Crippen molar-refractivity contribution in [2.24, 2.45) is 0 Å².